The summed E-state index contributed by atoms with van der Waals surface area (Å²) in [6, 6.07) is 2.53. The van der Waals surface area contributed by atoms with Crippen molar-refractivity contribution in [2.24, 2.45) is 5.92 Å². The zero-order valence-electron chi connectivity index (χ0n) is 11.2. The quantitative estimate of drug-likeness (QED) is 0.790. The van der Waals surface area contributed by atoms with Gasteiger partial charge in [-0.1, -0.05) is 20.8 Å². The van der Waals surface area contributed by atoms with Gasteiger partial charge in [0.25, 0.3) is 0 Å². The van der Waals surface area contributed by atoms with E-state index in [1.165, 1.54) is 38.6 Å². The molecule has 3 atom stereocenters. The van der Waals surface area contributed by atoms with Gasteiger partial charge in [-0.3, -0.25) is 4.90 Å². The fourth-order valence-electron chi connectivity index (χ4n) is 3.72. The Labute approximate surface area is 101 Å². The van der Waals surface area contributed by atoms with E-state index in [-0.39, 0.29) is 0 Å². The summed E-state index contributed by atoms with van der Waals surface area (Å²) in [6.07, 6.45) is 7.04. The molecule has 0 aromatic heterocycles. The second kappa shape index (κ2) is 5.50. The van der Waals surface area contributed by atoms with Crippen molar-refractivity contribution in [3.8, 4) is 0 Å². The number of hydrogen-bond donors (Lipinski definition) is 1. The number of hydrogen-bond acceptors (Lipinski definition) is 2. The largest absolute Gasteiger partial charge is 0.314 e. The molecule has 3 unspecified atom stereocenters. The fraction of sp³-hybridized carbons (Fsp3) is 1.00. The van der Waals surface area contributed by atoms with E-state index in [1.54, 1.807) is 0 Å². The van der Waals surface area contributed by atoms with Gasteiger partial charge in [0.05, 0.1) is 0 Å². The van der Waals surface area contributed by atoms with E-state index in [1.807, 2.05) is 0 Å². The summed E-state index contributed by atoms with van der Waals surface area (Å²) in [5.74, 6) is 0.834. The zero-order chi connectivity index (χ0) is 11.5. The first-order valence-electron chi connectivity index (χ1n) is 7.21. The van der Waals surface area contributed by atoms with Gasteiger partial charge in [-0.25, -0.2) is 0 Å². The van der Waals surface area contributed by atoms with Crippen LogP contribution in [-0.4, -0.2) is 36.1 Å². The van der Waals surface area contributed by atoms with Crippen molar-refractivity contribution in [1.82, 2.24) is 10.2 Å². The summed E-state index contributed by atoms with van der Waals surface area (Å²) >= 11 is 0. The van der Waals surface area contributed by atoms with Gasteiger partial charge in [0, 0.05) is 18.1 Å². The normalized spacial score (nSPS) is 36.4. The average molecular weight is 224 g/mol. The molecular formula is C14H28N2. The predicted octanol–water partition coefficient (Wildman–Crippen LogP) is 2.64. The van der Waals surface area contributed by atoms with E-state index in [4.69, 9.17) is 0 Å². The monoisotopic (exact) mass is 224 g/mol. The van der Waals surface area contributed by atoms with Crippen LogP contribution in [0.2, 0.25) is 0 Å². The molecule has 1 aliphatic carbocycles. The lowest BCUT2D eigenvalue weighted by Crippen LogP contribution is -2.41. The van der Waals surface area contributed by atoms with E-state index in [0.29, 0.717) is 0 Å². The molecule has 1 aliphatic heterocycles. The highest BCUT2D eigenvalue weighted by atomic mass is 15.2. The molecule has 0 radical (unpaired) electrons. The molecule has 0 aromatic rings. The Kier molecular flexibility index (Phi) is 4.26. The standard InChI is InChI=1S/C14H28N2/c1-4-15-12-7-8-13(10-12)16-9-5-6-14(16)11(2)3/h11-15H,4-10H2,1-3H3. The first-order valence-corrected chi connectivity index (χ1v) is 7.21. The number of nitrogens with zero attached hydrogens (tertiary/aromatic N) is 1. The summed E-state index contributed by atoms with van der Waals surface area (Å²) in [6.45, 7) is 9.48. The van der Waals surface area contributed by atoms with Gasteiger partial charge < -0.3 is 5.32 Å². The van der Waals surface area contributed by atoms with Crippen molar-refractivity contribution >= 4 is 0 Å². The van der Waals surface area contributed by atoms with Crippen LogP contribution in [0.1, 0.15) is 52.9 Å². The molecule has 2 aliphatic rings. The molecule has 0 bridgehead atoms. The third-order valence-electron chi connectivity index (χ3n) is 4.48. The molecule has 1 saturated heterocycles. The second-order valence-corrected chi connectivity index (χ2v) is 5.91. The van der Waals surface area contributed by atoms with Crippen molar-refractivity contribution in [2.45, 2.75) is 71.0 Å². The molecule has 1 N–H and O–H groups in total. The number of nitrogens with one attached hydrogen (secondary N) is 1. The van der Waals surface area contributed by atoms with Gasteiger partial charge in [-0.2, -0.15) is 0 Å². The topological polar surface area (TPSA) is 15.3 Å². The highest BCUT2D eigenvalue weighted by Crippen LogP contribution is 2.32. The Hall–Kier alpha value is -0.0800. The van der Waals surface area contributed by atoms with Crippen LogP contribution in [-0.2, 0) is 0 Å². The molecule has 1 heterocycles. The molecule has 2 nitrogen and oxygen atoms in total. The number of likely N-dealkylation sites (tertiary alicyclic amines) is 1. The lowest BCUT2D eigenvalue weighted by atomic mass is 10.0. The summed E-state index contributed by atoms with van der Waals surface area (Å²) in [5.41, 5.74) is 0. The molecule has 2 fully saturated rings. The summed E-state index contributed by atoms with van der Waals surface area (Å²) in [5, 5.41) is 3.62. The van der Waals surface area contributed by atoms with E-state index >= 15 is 0 Å². The first-order chi connectivity index (χ1) is 7.72. The van der Waals surface area contributed by atoms with Gasteiger partial charge in [-0.15, -0.1) is 0 Å². The van der Waals surface area contributed by atoms with Crippen LogP contribution in [0.5, 0.6) is 0 Å². The van der Waals surface area contributed by atoms with Gasteiger partial charge in [-0.05, 0) is 51.1 Å². The predicted molar refractivity (Wildman–Crippen MR) is 69.7 cm³/mol. The summed E-state index contributed by atoms with van der Waals surface area (Å²) in [7, 11) is 0. The van der Waals surface area contributed by atoms with E-state index < -0.39 is 0 Å². The summed E-state index contributed by atoms with van der Waals surface area (Å²) in [4.78, 5) is 2.82. The van der Waals surface area contributed by atoms with E-state index in [9.17, 15) is 0 Å². The molecule has 0 spiro atoms. The Morgan fingerprint density at radius 3 is 2.75 bits per heavy atom. The van der Waals surface area contributed by atoms with Crippen LogP contribution in [0.15, 0.2) is 0 Å². The van der Waals surface area contributed by atoms with Crippen molar-refractivity contribution in [2.75, 3.05) is 13.1 Å². The third-order valence-corrected chi connectivity index (χ3v) is 4.48. The maximum absolute atomic E-state index is 3.62. The second-order valence-electron chi connectivity index (χ2n) is 5.91. The molecule has 2 heteroatoms. The molecule has 1 saturated carbocycles. The smallest absolute Gasteiger partial charge is 0.0122 e. The van der Waals surface area contributed by atoms with Crippen LogP contribution in [0.4, 0.5) is 0 Å². The van der Waals surface area contributed by atoms with Crippen molar-refractivity contribution in [3.05, 3.63) is 0 Å². The SMILES string of the molecule is CCNC1CCC(N2CCCC2C(C)C)C1. The highest BCUT2D eigenvalue weighted by Gasteiger charge is 2.36. The van der Waals surface area contributed by atoms with Crippen LogP contribution < -0.4 is 5.32 Å². The maximum atomic E-state index is 3.62. The Morgan fingerprint density at radius 2 is 2.06 bits per heavy atom. The van der Waals surface area contributed by atoms with Crippen molar-refractivity contribution in [1.29, 1.82) is 0 Å². The first kappa shape index (κ1) is 12.4. The Balaban J connectivity index is 1.88. The van der Waals surface area contributed by atoms with Crippen LogP contribution in [0.25, 0.3) is 0 Å². The molecule has 0 amide bonds. The Bertz CT molecular complexity index is 215. The number of rotatable bonds is 4. The summed E-state index contributed by atoms with van der Waals surface area (Å²) < 4.78 is 0. The molecular weight excluding hydrogens is 196 g/mol. The fourth-order valence-corrected chi connectivity index (χ4v) is 3.72. The molecule has 94 valence electrons. The minimum absolute atomic E-state index is 0.795. The van der Waals surface area contributed by atoms with Gasteiger partial charge in [0.15, 0.2) is 0 Å². The third kappa shape index (κ3) is 2.60. The van der Waals surface area contributed by atoms with Gasteiger partial charge in [0.1, 0.15) is 0 Å². The van der Waals surface area contributed by atoms with Crippen LogP contribution >= 0.6 is 0 Å². The zero-order valence-corrected chi connectivity index (χ0v) is 11.2. The van der Waals surface area contributed by atoms with E-state index in [0.717, 1.165) is 30.6 Å². The average Bonchev–Trinajstić information content (AvgIpc) is 2.83. The minimum Gasteiger partial charge on any atom is -0.314 e. The molecule has 2 rings (SSSR count). The lowest BCUT2D eigenvalue weighted by Gasteiger charge is -2.33. The molecule has 16 heavy (non-hydrogen) atoms. The lowest BCUT2D eigenvalue weighted by molar-refractivity contribution is 0.146. The van der Waals surface area contributed by atoms with Gasteiger partial charge in [0.2, 0.25) is 0 Å². The van der Waals surface area contributed by atoms with Crippen molar-refractivity contribution in [3.63, 3.8) is 0 Å². The van der Waals surface area contributed by atoms with Gasteiger partial charge >= 0.3 is 0 Å². The minimum atomic E-state index is 0.795. The van der Waals surface area contributed by atoms with Crippen LogP contribution in [0, 0.1) is 5.92 Å². The highest BCUT2D eigenvalue weighted by molar-refractivity contribution is 4.92. The Morgan fingerprint density at radius 1 is 1.25 bits per heavy atom. The van der Waals surface area contributed by atoms with E-state index in [2.05, 4.69) is 31.0 Å². The maximum Gasteiger partial charge on any atom is 0.0122 e. The molecule has 0 aromatic carbocycles. The van der Waals surface area contributed by atoms with Crippen molar-refractivity contribution < 1.29 is 0 Å². The van der Waals surface area contributed by atoms with Crippen LogP contribution in [0.3, 0.4) is 0 Å².